The summed E-state index contributed by atoms with van der Waals surface area (Å²) in [6.07, 6.45) is 0. The van der Waals surface area contributed by atoms with Crippen LogP contribution < -0.4 is 4.72 Å². The smallest absolute Gasteiger partial charge is 0.328 e. The first kappa shape index (κ1) is 18.7. The fraction of sp³-hybridized carbons (Fsp3) is 0. The van der Waals surface area contributed by atoms with Crippen LogP contribution in [0.4, 0.5) is 4.39 Å². The van der Waals surface area contributed by atoms with Crippen molar-refractivity contribution in [3.63, 3.8) is 0 Å². The molecular formula is C21H13BrFNO3S. The van der Waals surface area contributed by atoms with Gasteiger partial charge in [0, 0.05) is 16.1 Å². The Morgan fingerprint density at radius 3 is 2.54 bits per heavy atom. The standard InChI is InChI=1S/C21H13BrFNO3S/c22-14-10-17(23)16-12-19(27-18(16)11-14)21(25)24-28(26)20-9-5-4-8-15(20)13-6-2-1-3-7-13/h1-12H,(H,24,25). The second-order valence-electron chi connectivity index (χ2n) is 5.97. The van der Waals surface area contributed by atoms with Crippen molar-refractivity contribution in [1.29, 1.82) is 0 Å². The number of hydrogen-bond donors (Lipinski definition) is 1. The van der Waals surface area contributed by atoms with Crippen LogP contribution in [0.3, 0.4) is 0 Å². The molecule has 140 valence electrons. The van der Waals surface area contributed by atoms with Crippen molar-refractivity contribution >= 4 is 44.2 Å². The van der Waals surface area contributed by atoms with Gasteiger partial charge in [-0.15, -0.1) is 0 Å². The van der Waals surface area contributed by atoms with E-state index in [1.165, 1.54) is 12.1 Å². The number of benzene rings is 3. The van der Waals surface area contributed by atoms with Gasteiger partial charge in [-0.2, -0.15) is 4.72 Å². The second kappa shape index (κ2) is 7.79. The number of hydrogen-bond acceptors (Lipinski definition) is 3. The first-order valence-corrected chi connectivity index (χ1v) is 10.2. The van der Waals surface area contributed by atoms with E-state index in [1.807, 2.05) is 42.5 Å². The highest BCUT2D eigenvalue weighted by Gasteiger charge is 2.24. The molecule has 1 unspecified atom stereocenters. The van der Waals surface area contributed by atoms with E-state index in [1.54, 1.807) is 18.2 Å². The zero-order chi connectivity index (χ0) is 19.7. The van der Waals surface area contributed by atoms with E-state index in [0.717, 1.165) is 11.1 Å². The molecule has 1 heterocycles. The van der Waals surface area contributed by atoms with Crippen molar-refractivity contribution in [3.8, 4) is 11.1 Å². The molecular weight excluding hydrogens is 445 g/mol. The van der Waals surface area contributed by atoms with Gasteiger partial charge in [0.2, 0.25) is 0 Å². The maximum absolute atomic E-state index is 14.0. The van der Waals surface area contributed by atoms with Crippen LogP contribution in [0.15, 0.2) is 86.6 Å². The molecule has 4 aromatic rings. The molecule has 1 N–H and O–H groups in total. The van der Waals surface area contributed by atoms with Gasteiger partial charge in [0.05, 0.1) is 5.39 Å². The summed E-state index contributed by atoms with van der Waals surface area (Å²) in [5, 5.41) is 0.184. The second-order valence-corrected chi connectivity index (χ2v) is 8.07. The van der Waals surface area contributed by atoms with Crippen LogP contribution in [-0.4, -0.2) is 10.5 Å². The average molecular weight is 458 g/mol. The number of furan rings is 1. The molecule has 0 fully saturated rings. The van der Waals surface area contributed by atoms with Gasteiger partial charge in [0.25, 0.3) is 0 Å². The number of fused-ring (bicyclic) bond motifs is 1. The van der Waals surface area contributed by atoms with Crippen molar-refractivity contribution in [1.82, 2.24) is 4.72 Å². The van der Waals surface area contributed by atoms with Crippen molar-refractivity contribution in [3.05, 3.63) is 88.8 Å². The fourth-order valence-electron chi connectivity index (χ4n) is 2.85. The highest BCUT2D eigenvalue weighted by Crippen LogP contribution is 2.29. The quantitative estimate of drug-likeness (QED) is 0.414. The minimum absolute atomic E-state index is 0.113. The Morgan fingerprint density at radius 2 is 1.75 bits per heavy atom. The third kappa shape index (κ3) is 3.69. The van der Waals surface area contributed by atoms with Gasteiger partial charge in [-0.05, 0) is 29.8 Å². The van der Waals surface area contributed by atoms with Gasteiger partial charge in [-0.1, -0.05) is 58.4 Å². The van der Waals surface area contributed by atoms with E-state index in [0.29, 0.717) is 9.37 Å². The number of halogens is 2. The molecule has 1 aromatic heterocycles. The van der Waals surface area contributed by atoms with Gasteiger partial charge < -0.3 is 8.97 Å². The normalized spacial score (nSPS) is 12.1. The number of carbonyl (C=O) groups is 1. The summed E-state index contributed by atoms with van der Waals surface area (Å²) in [4.78, 5) is 13.0. The Morgan fingerprint density at radius 1 is 1.04 bits per heavy atom. The third-order valence-corrected chi connectivity index (χ3v) is 5.72. The summed E-state index contributed by atoms with van der Waals surface area (Å²) in [6, 6.07) is 20.7. The number of carbonyl (C=O) groups excluding carboxylic acids is 1. The SMILES string of the molecule is O=C(N[S+]([O-])c1ccccc1-c1ccccc1)c1cc2c(F)cc(Br)cc2o1. The molecule has 1 amide bonds. The lowest BCUT2D eigenvalue weighted by Gasteiger charge is -2.13. The van der Waals surface area contributed by atoms with E-state index in [2.05, 4.69) is 20.7 Å². The topological polar surface area (TPSA) is 65.3 Å². The van der Waals surface area contributed by atoms with Gasteiger partial charge in [0.15, 0.2) is 10.7 Å². The summed E-state index contributed by atoms with van der Waals surface area (Å²) < 4.78 is 35.2. The zero-order valence-electron chi connectivity index (χ0n) is 14.3. The lowest BCUT2D eigenvalue weighted by Crippen LogP contribution is -2.30. The van der Waals surface area contributed by atoms with Crippen LogP contribution >= 0.6 is 15.9 Å². The molecule has 0 bridgehead atoms. The molecule has 0 spiro atoms. The third-order valence-electron chi connectivity index (χ3n) is 4.13. The molecule has 1 atom stereocenters. The molecule has 4 rings (SSSR count). The number of nitrogens with one attached hydrogen (secondary N) is 1. The van der Waals surface area contributed by atoms with Crippen molar-refractivity contribution in [2.45, 2.75) is 4.90 Å². The maximum Gasteiger partial charge on any atom is 0.328 e. The average Bonchev–Trinajstić information content (AvgIpc) is 3.13. The van der Waals surface area contributed by atoms with Crippen molar-refractivity contribution in [2.24, 2.45) is 0 Å². The summed E-state index contributed by atoms with van der Waals surface area (Å²) in [6.45, 7) is 0. The van der Waals surface area contributed by atoms with Gasteiger partial charge >= 0.3 is 5.91 Å². The first-order chi connectivity index (χ1) is 13.5. The summed E-state index contributed by atoms with van der Waals surface area (Å²) in [5.41, 5.74) is 1.87. The molecule has 3 aromatic carbocycles. The first-order valence-electron chi connectivity index (χ1n) is 8.29. The highest BCUT2D eigenvalue weighted by atomic mass is 79.9. The predicted octanol–water partition coefficient (Wildman–Crippen LogP) is 5.45. The van der Waals surface area contributed by atoms with Gasteiger partial charge in [-0.25, -0.2) is 4.39 Å². The highest BCUT2D eigenvalue weighted by molar-refractivity contribution is 9.10. The molecule has 0 aliphatic heterocycles. The Bertz CT molecular complexity index is 1160. The van der Waals surface area contributed by atoms with Crippen LogP contribution in [-0.2, 0) is 11.4 Å². The molecule has 0 radical (unpaired) electrons. The summed E-state index contributed by atoms with van der Waals surface area (Å²) >= 11 is 1.36. The summed E-state index contributed by atoms with van der Waals surface area (Å²) in [7, 11) is 0. The zero-order valence-corrected chi connectivity index (χ0v) is 16.7. The van der Waals surface area contributed by atoms with Gasteiger partial charge in [-0.3, -0.25) is 4.79 Å². The molecule has 0 aliphatic rings. The monoisotopic (exact) mass is 457 g/mol. The Balaban J connectivity index is 1.62. The fourth-order valence-corrected chi connectivity index (χ4v) is 4.23. The molecule has 0 aliphatic carbocycles. The van der Waals surface area contributed by atoms with Gasteiger partial charge in [0.1, 0.15) is 22.8 Å². The summed E-state index contributed by atoms with van der Waals surface area (Å²) in [5.74, 6) is -1.31. The minimum Gasteiger partial charge on any atom is -0.588 e. The number of rotatable bonds is 4. The van der Waals surface area contributed by atoms with E-state index in [4.69, 9.17) is 4.42 Å². The minimum atomic E-state index is -1.82. The van der Waals surface area contributed by atoms with Crippen LogP contribution in [0.2, 0.25) is 0 Å². The lowest BCUT2D eigenvalue weighted by molar-refractivity contribution is 0.0956. The number of amides is 1. The molecule has 0 saturated carbocycles. The predicted molar refractivity (Wildman–Crippen MR) is 110 cm³/mol. The molecule has 7 heteroatoms. The van der Waals surface area contributed by atoms with Crippen LogP contribution in [0.25, 0.3) is 22.1 Å². The Labute approximate surface area is 171 Å². The van der Waals surface area contributed by atoms with Crippen LogP contribution in [0.1, 0.15) is 10.6 Å². The van der Waals surface area contributed by atoms with Crippen LogP contribution in [0.5, 0.6) is 0 Å². The van der Waals surface area contributed by atoms with Crippen molar-refractivity contribution in [2.75, 3.05) is 0 Å². The van der Waals surface area contributed by atoms with Crippen LogP contribution in [0, 0.1) is 5.82 Å². The van der Waals surface area contributed by atoms with E-state index in [-0.39, 0.29) is 16.7 Å². The molecule has 4 nitrogen and oxygen atoms in total. The van der Waals surface area contributed by atoms with Crippen molar-refractivity contribution < 1.29 is 18.2 Å². The van der Waals surface area contributed by atoms with E-state index in [9.17, 15) is 13.7 Å². The van der Waals surface area contributed by atoms with E-state index >= 15 is 0 Å². The maximum atomic E-state index is 14.0. The Hall–Kier alpha value is -2.61. The molecule has 28 heavy (non-hydrogen) atoms. The molecule has 0 saturated heterocycles. The Kier molecular flexibility index (Phi) is 5.21. The lowest BCUT2D eigenvalue weighted by atomic mass is 10.1. The largest absolute Gasteiger partial charge is 0.588 e. The van der Waals surface area contributed by atoms with E-state index < -0.39 is 23.1 Å².